The van der Waals surface area contributed by atoms with Crippen molar-refractivity contribution in [1.82, 2.24) is 0 Å². The first kappa shape index (κ1) is 19.0. The summed E-state index contributed by atoms with van der Waals surface area (Å²) in [5, 5.41) is 3.21. The third-order valence-electron chi connectivity index (χ3n) is 3.82. The number of nitrogens with one attached hydrogen (secondary N) is 1. The van der Waals surface area contributed by atoms with E-state index in [9.17, 15) is 9.59 Å². The van der Waals surface area contributed by atoms with Crippen LogP contribution in [0.4, 0.5) is 5.69 Å². The summed E-state index contributed by atoms with van der Waals surface area (Å²) in [6, 6.07) is 14.3. The number of anilines is 1. The van der Waals surface area contributed by atoms with Gasteiger partial charge in [-0.1, -0.05) is 55.8 Å². The lowest BCUT2D eigenvalue weighted by atomic mass is 9.95. The zero-order valence-electron chi connectivity index (χ0n) is 14.4. The van der Waals surface area contributed by atoms with Crippen LogP contribution in [0, 0.1) is 0 Å². The van der Waals surface area contributed by atoms with Crippen LogP contribution in [0.1, 0.15) is 48.5 Å². The second kappa shape index (κ2) is 9.23. The largest absolute Gasteiger partial charge is 0.462 e. The summed E-state index contributed by atoms with van der Waals surface area (Å²) in [4.78, 5) is 24.6. The van der Waals surface area contributed by atoms with Gasteiger partial charge in [-0.25, -0.2) is 4.79 Å². The number of hydrogen-bond donors (Lipinski definition) is 1. The molecule has 0 fully saturated rings. The van der Waals surface area contributed by atoms with Gasteiger partial charge in [-0.2, -0.15) is 0 Å². The molecule has 0 unspecified atom stereocenters. The van der Waals surface area contributed by atoms with E-state index in [1.807, 2.05) is 44.2 Å². The number of benzene rings is 2. The van der Waals surface area contributed by atoms with E-state index in [0.717, 1.165) is 12.0 Å². The van der Waals surface area contributed by atoms with Crippen LogP contribution >= 0.6 is 11.6 Å². The second-order valence-corrected chi connectivity index (χ2v) is 6.10. The van der Waals surface area contributed by atoms with Crippen molar-refractivity contribution in [3.63, 3.8) is 0 Å². The normalized spacial score (nSPS) is 11.6. The van der Waals surface area contributed by atoms with Crippen LogP contribution in [0.15, 0.2) is 48.5 Å². The monoisotopic (exact) mass is 359 g/mol. The molecule has 2 aromatic carbocycles. The van der Waals surface area contributed by atoms with E-state index >= 15 is 0 Å². The Morgan fingerprint density at radius 1 is 1.12 bits per heavy atom. The molecule has 0 aliphatic heterocycles. The predicted octanol–water partition coefficient (Wildman–Crippen LogP) is 5.04. The van der Waals surface area contributed by atoms with Crippen molar-refractivity contribution in [3.8, 4) is 0 Å². The van der Waals surface area contributed by atoms with Gasteiger partial charge in [-0.05, 0) is 36.6 Å². The molecular formula is C20H22ClNO3. The Labute approximate surface area is 153 Å². The van der Waals surface area contributed by atoms with E-state index in [-0.39, 0.29) is 11.8 Å². The van der Waals surface area contributed by atoms with Crippen LogP contribution in [0.3, 0.4) is 0 Å². The molecule has 0 aliphatic carbocycles. The van der Waals surface area contributed by atoms with Crippen molar-refractivity contribution >= 4 is 29.2 Å². The smallest absolute Gasteiger partial charge is 0.338 e. The minimum Gasteiger partial charge on any atom is -0.462 e. The fourth-order valence-corrected chi connectivity index (χ4v) is 2.67. The Bertz CT molecular complexity index is 731. The van der Waals surface area contributed by atoms with Crippen molar-refractivity contribution in [2.45, 2.75) is 32.6 Å². The summed E-state index contributed by atoms with van der Waals surface area (Å²) in [6.45, 7) is 4.24. The van der Waals surface area contributed by atoms with Crippen LogP contribution in [0.25, 0.3) is 0 Å². The van der Waals surface area contributed by atoms with Gasteiger partial charge < -0.3 is 10.1 Å². The van der Waals surface area contributed by atoms with Gasteiger partial charge in [0.15, 0.2) is 0 Å². The quantitative estimate of drug-likeness (QED) is 0.704. The van der Waals surface area contributed by atoms with Crippen molar-refractivity contribution < 1.29 is 14.3 Å². The van der Waals surface area contributed by atoms with Gasteiger partial charge in [0, 0.05) is 0 Å². The summed E-state index contributed by atoms with van der Waals surface area (Å²) in [5.41, 5.74) is 1.71. The van der Waals surface area contributed by atoms with Gasteiger partial charge in [0.25, 0.3) is 0 Å². The SMILES string of the molecule is CCCOC(=O)c1ccc(Cl)c(NC(=O)[C@H](CC)c2ccccc2)c1. The third kappa shape index (κ3) is 5.07. The molecule has 2 aromatic rings. The maximum Gasteiger partial charge on any atom is 0.338 e. The maximum absolute atomic E-state index is 12.7. The summed E-state index contributed by atoms with van der Waals surface area (Å²) in [7, 11) is 0. The third-order valence-corrected chi connectivity index (χ3v) is 4.15. The second-order valence-electron chi connectivity index (χ2n) is 5.69. The van der Waals surface area contributed by atoms with Crippen molar-refractivity contribution in [1.29, 1.82) is 0 Å². The molecule has 0 saturated carbocycles. The Hall–Kier alpha value is -2.33. The molecule has 25 heavy (non-hydrogen) atoms. The molecule has 0 heterocycles. The minimum atomic E-state index is -0.427. The summed E-state index contributed by atoms with van der Waals surface area (Å²) < 4.78 is 5.12. The topological polar surface area (TPSA) is 55.4 Å². The lowest BCUT2D eigenvalue weighted by Crippen LogP contribution is -2.21. The summed E-state index contributed by atoms with van der Waals surface area (Å²) in [5.74, 6) is -0.869. The molecular weight excluding hydrogens is 338 g/mol. The van der Waals surface area contributed by atoms with Gasteiger partial charge >= 0.3 is 5.97 Å². The molecule has 0 spiro atoms. The number of carbonyl (C=O) groups excluding carboxylic acids is 2. The number of amides is 1. The first-order valence-corrected chi connectivity index (χ1v) is 8.77. The Morgan fingerprint density at radius 3 is 2.48 bits per heavy atom. The van der Waals surface area contributed by atoms with Gasteiger partial charge in [-0.15, -0.1) is 0 Å². The highest BCUT2D eigenvalue weighted by Crippen LogP contribution is 2.27. The molecule has 0 aliphatic rings. The average Bonchev–Trinajstić information content (AvgIpc) is 2.63. The Balaban J connectivity index is 2.18. The van der Waals surface area contributed by atoms with Crippen LogP contribution < -0.4 is 5.32 Å². The van der Waals surface area contributed by atoms with Gasteiger partial charge in [0.2, 0.25) is 5.91 Å². The number of rotatable bonds is 7. The fraction of sp³-hybridized carbons (Fsp3) is 0.300. The number of halogens is 1. The van der Waals surface area contributed by atoms with E-state index in [1.54, 1.807) is 18.2 Å². The summed E-state index contributed by atoms with van der Waals surface area (Å²) >= 11 is 6.18. The highest BCUT2D eigenvalue weighted by Gasteiger charge is 2.20. The van der Waals surface area contributed by atoms with E-state index in [0.29, 0.717) is 29.3 Å². The summed E-state index contributed by atoms with van der Waals surface area (Å²) in [6.07, 6.45) is 1.41. The molecule has 0 radical (unpaired) electrons. The van der Waals surface area contributed by atoms with E-state index in [4.69, 9.17) is 16.3 Å². The van der Waals surface area contributed by atoms with E-state index in [2.05, 4.69) is 5.32 Å². The van der Waals surface area contributed by atoms with E-state index in [1.165, 1.54) is 0 Å². The average molecular weight is 360 g/mol. The molecule has 132 valence electrons. The molecule has 4 nitrogen and oxygen atoms in total. The zero-order chi connectivity index (χ0) is 18.2. The minimum absolute atomic E-state index is 0.158. The highest BCUT2D eigenvalue weighted by atomic mass is 35.5. The van der Waals surface area contributed by atoms with Crippen LogP contribution in [0.2, 0.25) is 5.02 Å². The molecule has 0 aromatic heterocycles. The number of esters is 1. The first-order valence-electron chi connectivity index (χ1n) is 8.39. The Morgan fingerprint density at radius 2 is 1.84 bits per heavy atom. The van der Waals surface area contributed by atoms with Gasteiger partial charge in [-0.3, -0.25) is 4.79 Å². The molecule has 1 atom stereocenters. The predicted molar refractivity (Wildman–Crippen MR) is 100 cm³/mol. The number of carbonyl (C=O) groups is 2. The zero-order valence-corrected chi connectivity index (χ0v) is 15.2. The van der Waals surface area contributed by atoms with Gasteiger partial charge in [0.1, 0.15) is 0 Å². The maximum atomic E-state index is 12.7. The fourth-order valence-electron chi connectivity index (χ4n) is 2.50. The number of hydrogen-bond acceptors (Lipinski definition) is 3. The number of ether oxygens (including phenoxy) is 1. The van der Waals surface area contributed by atoms with Crippen LogP contribution in [-0.2, 0) is 9.53 Å². The van der Waals surface area contributed by atoms with Crippen LogP contribution in [-0.4, -0.2) is 18.5 Å². The van der Waals surface area contributed by atoms with Crippen molar-refractivity contribution in [2.24, 2.45) is 0 Å². The molecule has 5 heteroatoms. The molecule has 0 saturated heterocycles. The van der Waals surface area contributed by atoms with Crippen LogP contribution in [0.5, 0.6) is 0 Å². The Kier molecular flexibility index (Phi) is 7.02. The molecule has 1 N–H and O–H groups in total. The van der Waals surface area contributed by atoms with Crippen molar-refractivity contribution in [3.05, 3.63) is 64.7 Å². The lowest BCUT2D eigenvalue weighted by Gasteiger charge is -2.16. The van der Waals surface area contributed by atoms with Gasteiger partial charge in [0.05, 0.1) is 28.8 Å². The highest BCUT2D eigenvalue weighted by molar-refractivity contribution is 6.34. The van der Waals surface area contributed by atoms with Crippen molar-refractivity contribution in [2.75, 3.05) is 11.9 Å². The molecule has 2 rings (SSSR count). The standard InChI is InChI=1S/C20H22ClNO3/c1-3-12-25-20(24)15-10-11-17(21)18(13-15)22-19(23)16(4-2)14-8-6-5-7-9-14/h5-11,13,16H,3-4,12H2,1-2H3,(H,22,23)/t16-/m1/s1. The lowest BCUT2D eigenvalue weighted by molar-refractivity contribution is -0.117. The molecule has 0 bridgehead atoms. The first-order chi connectivity index (χ1) is 12.1. The van der Waals surface area contributed by atoms with E-state index < -0.39 is 5.97 Å². The molecule has 1 amide bonds.